The van der Waals surface area contributed by atoms with Crippen molar-refractivity contribution in [2.75, 3.05) is 34.8 Å². The largest absolute Gasteiger partial charge is 0.465 e. The first-order valence-corrected chi connectivity index (χ1v) is 12.5. The summed E-state index contributed by atoms with van der Waals surface area (Å²) in [6.07, 6.45) is 3.47. The number of piperidine rings is 1. The lowest BCUT2D eigenvalue weighted by molar-refractivity contribution is 0.444. The lowest BCUT2D eigenvalue weighted by Gasteiger charge is -2.34. The van der Waals surface area contributed by atoms with Gasteiger partial charge >= 0.3 is 0 Å². The minimum atomic E-state index is 0.480. The van der Waals surface area contributed by atoms with Gasteiger partial charge in [-0.15, -0.1) is 0 Å². The first-order chi connectivity index (χ1) is 16.5. The van der Waals surface area contributed by atoms with Gasteiger partial charge in [-0.2, -0.15) is 9.97 Å². The summed E-state index contributed by atoms with van der Waals surface area (Å²) in [5.74, 6) is 4.80. The van der Waals surface area contributed by atoms with Crippen LogP contribution in [0.3, 0.4) is 0 Å². The second kappa shape index (κ2) is 10.0. The summed E-state index contributed by atoms with van der Waals surface area (Å²) in [5, 5.41) is 6.89. The molecule has 34 heavy (non-hydrogen) atoms. The van der Waals surface area contributed by atoms with Crippen molar-refractivity contribution >= 4 is 34.9 Å². The number of nitrogens with one attached hydrogen (secondary N) is 2. The van der Waals surface area contributed by atoms with E-state index in [-0.39, 0.29) is 0 Å². The molecule has 0 saturated carbocycles. The van der Waals surface area contributed by atoms with E-state index in [1.807, 2.05) is 19.1 Å². The highest BCUT2D eigenvalue weighted by Gasteiger charge is 2.23. The quantitative estimate of drug-likeness (QED) is 0.515. The van der Waals surface area contributed by atoms with Gasteiger partial charge in [0.05, 0.1) is 6.54 Å². The zero-order valence-corrected chi connectivity index (χ0v) is 20.7. The van der Waals surface area contributed by atoms with Crippen LogP contribution in [0.4, 0.5) is 17.6 Å². The van der Waals surface area contributed by atoms with Gasteiger partial charge in [0.1, 0.15) is 23.2 Å². The predicted molar refractivity (Wildman–Crippen MR) is 140 cm³/mol. The Morgan fingerprint density at radius 3 is 2.65 bits per heavy atom. The van der Waals surface area contributed by atoms with Crippen LogP contribution in [-0.2, 0) is 19.5 Å². The summed E-state index contributed by atoms with van der Waals surface area (Å²) in [6, 6.07) is 14.7. The summed E-state index contributed by atoms with van der Waals surface area (Å²) < 4.78 is 5.63. The number of aryl methyl sites for hydroxylation is 1. The predicted octanol–water partition coefficient (Wildman–Crippen LogP) is 4.66. The molecule has 1 atom stereocenters. The maximum Gasteiger partial charge on any atom is 0.232 e. The van der Waals surface area contributed by atoms with Crippen molar-refractivity contribution in [2.45, 2.75) is 46.2 Å². The Bertz CT molecular complexity index is 1160. The second-order valence-corrected chi connectivity index (χ2v) is 9.77. The number of anilines is 3. The molecular weight excluding hydrogens is 444 g/mol. The Hall–Kier alpha value is -3.13. The van der Waals surface area contributed by atoms with Gasteiger partial charge in [-0.05, 0) is 67.6 Å². The molecular formula is C26H32N6OS. The lowest BCUT2D eigenvalue weighted by Crippen LogP contribution is -2.36. The van der Waals surface area contributed by atoms with Crippen LogP contribution in [0.2, 0.25) is 0 Å². The summed E-state index contributed by atoms with van der Waals surface area (Å²) in [7, 11) is 0. The molecule has 8 heteroatoms. The molecule has 178 valence electrons. The van der Waals surface area contributed by atoms with Crippen LogP contribution in [0.25, 0.3) is 0 Å². The van der Waals surface area contributed by atoms with Gasteiger partial charge in [-0.1, -0.05) is 31.2 Å². The Kier molecular flexibility index (Phi) is 6.67. The van der Waals surface area contributed by atoms with E-state index >= 15 is 0 Å². The maximum absolute atomic E-state index is 5.63. The van der Waals surface area contributed by atoms with E-state index in [0.29, 0.717) is 23.5 Å². The standard InChI is InChI=1S/C26H32N6OS/c1-18-6-5-12-31(16-18)23-14-24(32-13-11-20-7-3-4-8-21(20)17-32)29-25(28-23)30-26(34)27-15-22-10-9-19(2)33-22/h3-4,7-10,14,18H,5-6,11-13,15-17H2,1-2H3,(H2,27,28,29,30,34). The highest BCUT2D eigenvalue weighted by atomic mass is 32.1. The van der Waals surface area contributed by atoms with E-state index in [1.54, 1.807) is 0 Å². The molecule has 1 saturated heterocycles. The Labute approximate surface area is 206 Å². The highest BCUT2D eigenvalue weighted by Crippen LogP contribution is 2.29. The third kappa shape index (κ3) is 5.33. The minimum absolute atomic E-state index is 0.480. The first-order valence-electron chi connectivity index (χ1n) is 12.1. The number of rotatable bonds is 5. The molecule has 2 aliphatic heterocycles. The Morgan fingerprint density at radius 1 is 1.09 bits per heavy atom. The van der Waals surface area contributed by atoms with Crippen LogP contribution in [0, 0.1) is 12.8 Å². The summed E-state index contributed by atoms with van der Waals surface area (Å²) in [6.45, 7) is 8.57. The SMILES string of the molecule is Cc1ccc(CNC(=S)Nc2nc(N3CCc4ccccc4C3)cc(N3CCCC(C)C3)n2)o1. The van der Waals surface area contributed by atoms with Gasteiger partial charge < -0.3 is 24.9 Å². The molecule has 7 nitrogen and oxygen atoms in total. The molecule has 3 aromatic rings. The van der Waals surface area contributed by atoms with Crippen LogP contribution in [-0.4, -0.2) is 34.7 Å². The topological polar surface area (TPSA) is 69.5 Å². The number of nitrogens with zero attached hydrogens (tertiary/aromatic N) is 4. The van der Waals surface area contributed by atoms with E-state index in [1.165, 1.54) is 24.0 Å². The van der Waals surface area contributed by atoms with Gasteiger partial charge in [-0.25, -0.2) is 0 Å². The number of hydrogen-bond acceptors (Lipinski definition) is 6. The normalized spacial score (nSPS) is 17.9. The molecule has 1 aromatic carbocycles. The lowest BCUT2D eigenvalue weighted by atomic mass is 10.00. The highest BCUT2D eigenvalue weighted by molar-refractivity contribution is 7.80. The molecule has 4 heterocycles. The van der Waals surface area contributed by atoms with Crippen LogP contribution in [0.1, 0.15) is 42.4 Å². The van der Waals surface area contributed by atoms with Crippen LogP contribution >= 0.6 is 12.2 Å². The molecule has 0 aliphatic carbocycles. The fourth-order valence-electron chi connectivity index (χ4n) is 4.78. The Morgan fingerprint density at radius 2 is 1.88 bits per heavy atom. The molecule has 0 bridgehead atoms. The number of hydrogen-bond donors (Lipinski definition) is 2. The van der Waals surface area contributed by atoms with Gasteiger partial charge in [0.25, 0.3) is 0 Å². The molecule has 2 aromatic heterocycles. The fourth-order valence-corrected chi connectivity index (χ4v) is 4.95. The maximum atomic E-state index is 5.63. The van der Waals surface area contributed by atoms with Crippen LogP contribution < -0.4 is 20.4 Å². The van der Waals surface area contributed by atoms with E-state index in [4.69, 9.17) is 26.6 Å². The monoisotopic (exact) mass is 476 g/mol. The molecule has 5 rings (SSSR count). The molecule has 0 radical (unpaired) electrons. The van der Waals surface area contributed by atoms with Crippen molar-refractivity contribution in [3.05, 3.63) is 65.1 Å². The molecule has 2 N–H and O–H groups in total. The van der Waals surface area contributed by atoms with Crippen LogP contribution in [0.15, 0.2) is 46.9 Å². The van der Waals surface area contributed by atoms with E-state index in [0.717, 1.165) is 55.8 Å². The number of thiocarbonyl (C=S) groups is 1. The molecule has 0 amide bonds. The minimum Gasteiger partial charge on any atom is -0.465 e. The summed E-state index contributed by atoms with van der Waals surface area (Å²) >= 11 is 5.54. The molecule has 1 unspecified atom stereocenters. The second-order valence-electron chi connectivity index (χ2n) is 9.36. The van der Waals surface area contributed by atoms with E-state index < -0.39 is 0 Å². The number of aromatic nitrogens is 2. The number of fused-ring (bicyclic) bond motifs is 1. The van der Waals surface area contributed by atoms with Gasteiger partial charge in [-0.3, -0.25) is 0 Å². The van der Waals surface area contributed by atoms with Gasteiger partial charge in [0, 0.05) is 32.2 Å². The van der Waals surface area contributed by atoms with Crippen molar-refractivity contribution in [1.82, 2.24) is 15.3 Å². The Balaban J connectivity index is 1.36. The molecule has 2 aliphatic rings. The molecule has 0 spiro atoms. The third-order valence-electron chi connectivity index (χ3n) is 6.58. The zero-order valence-electron chi connectivity index (χ0n) is 19.9. The van der Waals surface area contributed by atoms with Gasteiger partial charge in [0.15, 0.2) is 5.11 Å². The summed E-state index contributed by atoms with van der Waals surface area (Å²) in [5.41, 5.74) is 2.79. The first kappa shape index (κ1) is 22.7. The van der Waals surface area contributed by atoms with Crippen molar-refractivity contribution in [3.8, 4) is 0 Å². The van der Waals surface area contributed by atoms with E-state index in [9.17, 15) is 0 Å². The van der Waals surface area contributed by atoms with Crippen molar-refractivity contribution in [1.29, 1.82) is 0 Å². The van der Waals surface area contributed by atoms with E-state index in [2.05, 4.69) is 57.7 Å². The smallest absolute Gasteiger partial charge is 0.232 e. The fraction of sp³-hybridized carbons (Fsp3) is 0.423. The number of furan rings is 1. The van der Waals surface area contributed by atoms with Crippen molar-refractivity contribution in [3.63, 3.8) is 0 Å². The van der Waals surface area contributed by atoms with Crippen LogP contribution in [0.5, 0.6) is 0 Å². The zero-order chi connectivity index (χ0) is 23.5. The number of benzene rings is 1. The third-order valence-corrected chi connectivity index (χ3v) is 6.83. The molecule has 1 fully saturated rings. The van der Waals surface area contributed by atoms with Crippen molar-refractivity contribution < 1.29 is 4.42 Å². The summed E-state index contributed by atoms with van der Waals surface area (Å²) in [4.78, 5) is 14.4. The average Bonchev–Trinajstić information content (AvgIpc) is 3.27. The average molecular weight is 477 g/mol. The van der Waals surface area contributed by atoms with Crippen molar-refractivity contribution in [2.24, 2.45) is 5.92 Å². The van der Waals surface area contributed by atoms with Gasteiger partial charge in [0.2, 0.25) is 5.95 Å².